The van der Waals surface area contributed by atoms with Gasteiger partial charge in [-0.15, -0.1) is 0 Å². The van der Waals surface area contributed by atoms with E-state index in [1.165, 1.54) is 45.6 Å². The number of methoxy groups -OCH3 is 3. The molecule has 0 saturated carbocycles. The van der Waals surface area contributed by atoms with Crippen LogP contribution in [0.2, 0.25) is 0 Å². The molecule has 3 aromatic carbocycles. The molecule has 4 rings (SSSR count). The topological polar surface area (TPSA) is 151 Å². The van der Waals surface area contributed by atoms with Gasteiger partial charge in [-0.05, 0) is 62.8 Å². The summed E-state index contributed by atoms with van der Waals surface area (Å²) >= 11 is 0. The molecule has 0 spiro atoms. The van der Waals surface area contributed by atoms with Gasteiger partial charge < -0.3 is 27.5 Å². The van der Waals surface area contributed by atoms with E-state index in [0.717, 1.165) is 12.0 Å². The minimum absolute atomic E-state index is 0.131. The molecule has 1 aromatic heterocycles. The first-order valence-corrected chi connectivity index (χ1v) is 15.1. The maximum absolute atomic E-state index is 12.8. The van der Waals surface area contributed by atoms with Crippen LogP contribution >= 0.6 is 0 Å². The molecule has 242 valence electrons. The first-order valence-electron chi connectivity index (χ1n) is 13.7. The van der Waals surface area contributed by atoms with E-state index >= 15 is 0 Å². The zero-order valence-electron chi connectivity index (χ0n) is 26.2. The smallest absolute Gasteiger partial charge is 0.446 e. The number of likely N-dealkylation sites (N-methyl/N-ethyl adjacent to an activating group) is 1. The molecule has 1 heterocycles. The van der Waals surface area contributed by atoms with E-state index in [0.29, 0.717) is 33.8 Å². The third-order valence-electron chi connectivity index (χ3n) is 7.22. The van der Waals surface area contributed by atoms with Crippen LogP contribution in [0.3, 0.4) is 0 Å². The van der Waals surface area contributed by atoms with Crippen LogP contribution in [0.1, 0.15) is 34.8 Å². The molecule has 0 aliphatic carbocycles. The van der Waals surface area contributed by atoms with E-state index in [1.807, 2.05) is 32.3 Å². The normalized spacial score (nSPS) is 12.5. The SMILES string of the molecule is CCC(COC(=O)c1cc(OC)c(OC)c(OC)c1)(c1ccccc1)N(C)C.Cc1cc(=O)oc2cc(OS(=O)(=O)O)ccc12. The number of rotatable bonds is 11. The molecule has 13 heteroatoms. The Balaban J connectivity index is 0.000000276. The maximum Gasteiger partial charge on any atom is 0.446 e. The average molecular weight is 644 g/mol. The standard InChI is InChI=1S/C22H29NO5.C10H8O6S/c1-7-22(23(2)3,17-11-9-8-10-12-17)15-28-21(24)16-13-18(25-4)20(27-6)19(14-16)26-5;1-6-4-10(11)15-9-5-7(2-3-8(6)9)16-17(12,13)14/h8-14H,7,15H2,1-6H3;2-5H,1H3,(H,12,13,14). The van der Waals surface area contributed by atoms with E-state index in [2.05, 4.69) is 28.1 Å². The van der Waals surface area contributed by atoms with Gasteiger partial charge in [0.2, 0.25) is 5.75 Å². The molecule has 1 unspecified atom stereocenters. The lowest BCUT2D eigenvalue weighted by Crippen LogP contribution is -2.45. The second-order valence-corrected chi connectivity index (χ2v) is 11.1. The number of ether oxygens (including phenoxy) is 4. The zero-order valence-corrected chi connectivity index (χ0v) is 27.0. The number of carbonyl (C=O) groups excluding carboxylic acids is 1. The molecular formula is C32H37NO11S. The number of fused-ring (bicyclic) bond motifs is 1. The van der Waals surface area contributed by atoms with Crippen molar-refractivity contribution >= 4 is 27.3 Å². The average Bonchev–Trinajstić information content (AvgIpc) is 3.00. The summed E-state index contributed by atoms with van der Waals surface area (Å²) in [4.78, 5) is 26.0. The zero-order chi connectivity index (χ0) is 33.4. The van der Waals surface area contributed by atoms with Gasteiger partial charge >= 0.3 is 22.0 Å². The molecule has 0 fully saturated rings. The van der Waals surface area contributed by atoms with Crippen molar-refractivity contribution in [2.75, 3.05) is 42.0 Å². The molecule has 4 aromatic rings. The molecule has 12 nitrogen and oxygen atoms in total. The third kappa shape index (κ3) is 8.53. The number of nitrogens with zero attached hydrogens (tertiary/aromatic N) is 1. The minimum atomic E-state index is -4.59. The van der Waals surface area contributed by atoms with Crippen molar-refractivity contribution in [2.45, 2.75) is 25.8 Å². The Labute approximate surface area is 262 Å². The van der Waals surface area contributed by atoms with E-state index in [1.54, 1.807) is 19.1 Å². The number of hydrogen-bond donors (Lipinski definition) is 1. The summed E-state index contributed by atoms with van der Waals surface area (Å²) in [5.41, 5.74) is 1.37. The Kier molecular flexibility index (Phi) is 11.6. The first kappa shape index (κ1) is 34.9. The van der Waals surface area contributed by atoms with Crippen molar-refractivity contribution in [3.05, 3.63) is 93.8 Å². The number of hydrogen-bond acceptors (Lipinski definition) is 11. The predicted octanol–water partition coefficient (Wildman–Crippen LogP) is 5.02. The van der Waals surface area contributed by atoms with Gasteiger partial charge in [0.15, 0.2) is 11.5 Å². The van der Waals surface area contributed by atoms with Gasteiger partial charge in [-0.3, -0.25) is 9.45 Å². The summed E-state index contributed by atoms with van der Waals surface area (Å²) in [5.74, 6) is 0.670. The van der Waals surface area contributed by atoms with Gasteiger partial charge in [0, 0.05) is 17.5 Å². The fourth-order valence-electron chi connectivity index (χ4n) is 4.79. The van der Waals surface area contributed by atoms with Crippen LogP contribution in [0.15, 0.2) is 75.9 Å². The lowest BCUT2D eigenvalue weighted by Gasteiger charge is -2.39. The van der Waals surface area contributed by atoms with Crippen LogP contribution in [-0.4, -0.2) is 65.9 Å². The molecule has 0 saturated heterocycles. The maximum atomic E-state index is 12.8. The highest BCUT2D eigenvalue weighted by Gasteiger charge is 2.35. The van der Waals surface area contributed by atoms with E-state index in [-0.39, 0.29) is 17.9 Å². The number of aryl methyl sites for hydroxylation is 1. The van der Waals surface area contributed by atoms with Crippen LogP contribution < -0.4 is 24.0 Å². The second kappa shape index (κ2) is 14.9. The summed E-state index contributed by atoms with van der Waals surface area (Å²) in [5, 5.41) is 0.660. The van der Waals surface area contributed by atoms with Gasteiger partial charge in [-0.1, -0.05) is 37.3 Å². The first-order chi connectivity index (χ1) is 21.3. The number of benzene rings is 3. The van der Waals surface area contributed by atoms with Gasteiger partial charge in [0.25, 0.3) is 0 Å². The lowest BCUT2D eigenvalue weighted by molar-refractivity contribution is 0.0119. The fraction of sp³-hybridized carbons (Fsp3) is 0.312. The Morgan fingerprint density at radius 2 is 1.56 bits per heavy atom. The molecule has 0 bridgehead atoms. The summed E-state index contributed by atoms with van der Waals surface area (Å²) in [7, 11) is 3.93. The van der Waals surface area contributed by atoms with Crippen molar-refractivity contribution in [1.82, 2.24) is 4.90 Å². The summed E-state index contributed by atoms with van der Waals surface area (Å²) < 4.78 is 60.4. The van der Waals surface area contributed by atoms with Crippen molar-refractivity contribution in [3.8, 4) is 23.0 Å². The van der Waals surface area contributed by atoms with Gasteiger partial charge in [-0.2, -0.15) is 8.42 Å². The molecule has 0 radical (unpaired) electrons. The molecule has 1 atom stereocenters. The predicted molar refractivity (Wildman–Crippen MR) is 168 cm³/mol. The summed E-state index contributed by atoms with van der Waals surface area (Å²) in [6.07, 6.45) is 0.784. The largest absolute Gasteiger partial charge is 0.493 e. The third-order valence-corrected chi connectivity index (χ3v) is 7.62. The lowest BCUT2D eigenvalue weighted by atomic mass is 9.87. The fourth-order valence-corrected chi connectivity index (χ4v) is 5.13. The highest BCUT2D eigenvalue weighted by Crippen LogP contribution is 2.39. The van der Waals surface area contributed by atoms with E-state index in [9.17, 15) is 18.0 Å². The molecule has 45 heavy (non-hydrogen) atoms. The van der Waals surface area contributed by atoms with Crippen molar-refractivity contribution in [3.63, 3.8) is 0 Å². The van der Waals surface area contributed by atoms with Gasteiger partial charge in [0.05, 0.1) is 32.4 Å². The second-order valence-electron chi connectivity index (χ2n) is 10.1. The molecular weight excluding hydrogens is 606 g/mol. The van der Waals surface area contributed by atoms with Crippen LogP contribution in [0.5, 0.6) is 23.0 Å². The van der Waals surface area contributed by atoms with Gasteiger partial charge in [0.1, 0.15) is 17.9 Å². The molecule has 0 aliphatic heterocycles. The van der Waals surface area contributed by atoms with Crippen molar-refractivity contribution in [2.24, 2.45) is 0 Å². The Hall–Kier alpha value is -4.59. The van der Waals surface area contributed by atoms with Crippen molar-refractivity contribution < 1.29 is 45.3 Å². The monoisotopic (exact) mass is 643 g/mol. The van der Waals surface area contributed by atoms with Crippen LogP contribution in [0.4, 0.5) is 0 Å². The Morgan fingerprint density at radius 3 is 2.07 bits per heavy atom. The van der Waals surface area contributed by atoms with Crippen LogP contribution in [-0.2, 0) is 20.7 Å². The minimum Gasteiger partial charge on any atom is -0.493 e. The number of carbonyl (C=O) groups is 1. The number of esters is 1. The quantitative estimate of drug-likeness (QED) is 0.133. The molecule has 0 aliphatic rings. The Bertz CT molecular complexity index is 1760. The van der Waals surface area contributed by atoms with Crippen LogP contribution in [0.25, 0.3) is 11.0 Å². The van der Waals surface area contributed by atoms with Crippen molar-refractivity contribution in [1.29, 1.82) is 0 Å². The van der Waals surface area contributed by atoms with Gasteiger partial charge in [-0.25, -0.2) is 9.59 Å². The molecule has 0 amide bonds. The summed E-state index contributed by atoms with van der Waals surface area (Å²) in [6.45, 7) is 4.03. The Morgan fingerprint density at radius 1 is 0.933 bits per heavy atom. The molecule has 1 N–H and O–H groups in total. The highest BCUT2D eigenvalue weighted by molar-refractivity contribution is 7.81. The van der Waals surface area contributed by atoms with Crippen LogP contribution in [0, 0.1) is 6.92 Å². The van der Waals surface area contributed by atoms with E-state index < -0.39 is 27.5 Å². The highest BCUT2D eigenvalue weighted by atomic mass is 32.3. The van der Waals surface area contributed by atoms with E-state index in [4.69, 9.17) is 27.9 Å². The summed E-state index contributed by atoms with van der Waals surface area (Å²) in [6, 6.07) is 18.7.